The van der Waals surface area contributed by atoms with Crippen LogP contribution in [-0.4, -0.2) is 21.7 Å². The minimum Gasteiger partial charge on any atom is -0.262 e. The number of aromatic nitrogens is 3. The van der Waals surface area contributed by atoms with E-state index in [2.05, 4.69) is 72.4 Å². The predicted octanol–water partition coefficient (Wildman–Crippen LogP) is 9.12. The fourth-order valence-corrected chi connectivity index (χ4v) is 5.55. The van der Waals surface area contributed by atoms with Gasteiger partial charge in [0.25, 0.3) is 0 Å². The molecule has 0 saturated carbocycles. The first-order chi connectivity index (χ1) is 20.7. The Labute approximate surface area is 244 Å². The molecule has 1 aliphatic heterocycles. The van der Waals surface area contributed by atoms with Crippen molar-refractivity contribution in [1.29, 1.82) is 0 Å². The molecule has 7 rings (SSSR count). The largest absolute Gasteiger partial charge is 0.262 e. The Hall–Kier alpha value is -5.68. The quantitative estimate of drug-likeness (QED) is 0.197. The van der Waals surface area contributed by atoms with Crippen LogP contribution in [0.1, 0.15) is 12.5 Å². The third-order valence-corrected chi connectivity index (χ3v) is 7.42. The molecule has 0 fully saturated rings. The van der Waals surface area contributed by atoms with Gasteiger partial charge in [-0.2, -0.15) is 9.97 Å². The summed E-state index contributed by atoms with van der Waals surface area (Å²) in [5.41, 5.74) is 7.12. The van der Waals surface area contributed by atoms with E-state index in [4.69, 9.17) is 15.0 Å². The average molecular weight is 542 g/mol. The molecule has 0 saturated heterocycles. The van der Waals surface area contributed by atoms with Crippen LogP contribution in [0.15, 0.2) is 144 Å². The number of rotatable bonds is 6. The molecule has 5 heteroatoms. The number of nitrogens with zero attached hydrogens (tertiary/aromatic N) is 5. The summed E-state index contributed by atoms with van der Waals surface area (Å²) in [4.78, 5) is 21.6. The molecule has 0 bridgehead atoms. The van der Waals surface area contributed by atoms with Crippen molar-refractivity contribution in [2.24, 2.45) is 4.99 Å². The summed E-state index contributed by atoms with van der Waals surface area (Å²) >= 11 is 0. The maximum atomic E-state index is 5.03. The van der Waals surface area contributed by atoms with Gasteiger partial charge < -0.3 is 0 Å². The fraction of sp³-hybridized carbons (Fsp3) is 0.0270. The first-order valence-electron chi connectivity index (χ1n) is 13.9. The number of hydrogen-bond donors (Lipinski definition) is 0. The van der Waals surface area contributed by atoms with Gasteiger partial charge >= 0.3 is 0 Å². The van der Waals surface area contributed by atoms with Crippen molar-refractivity contribution in [3.63, 3.8) is 0 Å². The Kier molecular flexibility index (Phi) is 6.45. The Balaban J connectivity index is 1.52. The lowest BCUT2D eigenvalue weighted by atomic mass is 9.89. The van der Waals surface area contributed by atoms with Gasteiger partial charge in [0.2, 0.25) is 5.95 Å². The monoisotopic (exact) mass is 541 g/mol. The zero-order valence-electron chi connectivity index (χ0n) is 23.1. The van der Waals surface area contributed by atoms with Crippen LogP contribution in [0.4, 0.5) is 11.6 Å². The second kappa shape index (κ2) is 10.7. The molecule has 0 unspecified atom stereocenters. The average Bonchev–Trinajstić information content (AvgIpc) is 3.06. The molecule has 42 heavy (non-hydrogen) atoms. The van der Waals surface area contributed by atoms with Gasteiger partial charge in [0.15, 0.2) is 11.6 Å². The van der Waals surface area contributed by atoms with Crippen LogP contribution in [0.25, 0.3) is 50.2 Å². The van der Waals surface area contributed by atoms with Crippen LogP contribution in [0.2, 0.25) is 0 Å². The van der Waals surface area contributed by atoms with Crippen molar-refractivity contribution in [2.45, 2.75) is 6.92 Å². The molecule has 5 aromatic carbocycles. The highest BCUT2D eigenvalue weighted by atomic mass is 15.3. The third kappa shape index (κ3) is 4.38. The molecule has 5 nitrogen and oxygen atoms in total. The lowest BCUT2D eigenvalue weighted by Crippen LogP contribution is -2.23. The van der Waals surface area contributed by atoms with E-state index in [9.17, 15) is 0 Å². The molecule has 0 radical (unpaired) electrons. The van der Waals surface area contributed by atoms with E-state index in [0.717, 1.165) is 49.9 Å². The number of benzene rings is 5. The van der Waals surface area contributed by atoms with E-state index in [1.807, 2.05) is 84.6 Å². The van der Waals surface area contributed by atoms with Crippen molar-refractivity contribution in [3.8, 4) is 33.9 Å². The Morgan fingerprint density at radius 2 is 1.24 bits per heavy atom. The van der Waals surface area contributed by atoms with Gasteiger partial charge in [0, 0.05) is 22.1 Å². The maximum absolute atomic E-state index is 5.03. The molecule has 0 N–H and O–H groups in total. The normalized spacial score (nSPS) is 12.7. The topological polar surface area (TPSA) is 54.3 Å². The Morgan fingerprint density at radius 3 is 1.81 bits per heavy atom. The lowest BCUT2D eigenvalue weighted by molar-refractivity contribution is 0.984. The van der Waals surface area contributed by atoms with Crippen molar-refractivity contribution >= 4 is 34.7 Å². The van der Waals surface area contributed by atoms with E-state index >= 15 is 0 Å². The smallest absolute Gasteiger partial charge is 0.240 e. The fourth-order valence-electron chi connectivity index (χ4n) is 5.55. The minimum atomic E-state index is 0.484. The van der Waals surface area contributed by atoms with Crippen molar-refractivity contribution in [2.75, 3.05) is 4.90 Å². The van der Waals surface area contributed by atoms with Gasteiger partial charge in [0.1, 0.15) is 5.82 Å². The van der Waals surface area contributed by atoms with Crippen LogP contribution in [0.5, 0.6) is 0 Å². The van der Waals surface area contributed by atoms with Crippen molar-refractivity contribution in [3.05, 3.63) is 145 Å². The molecule has 6 aromatic rings. The van der Waals surface area contributed by atoms with Gasteiger partial charge in [-0.3, -0.25) is 4.90 Å². The second-order valence-electron chi connectivity index (χ2n) is 10.0. The molecule has 1 aliphatic rings. The first kappa shape index (κ1) is 25.3. The highest BCUT2D eigenvalue weighted by Gasteiger charge is 2.30. The molecule has 0 amide bonds. The molecule has 0 spiro atoms. The highest BCUT2D eigenvalue weighted by Crippen LogP contribution is 2.47. The molecule has 200 valence electrons. The first-order valence-corrected chi connectivity index (χ1v) is 13.9. The van der Waals surface area contributed by atoms with Gasteiger partial charge in [-0.25, -0.2) is 9.98 Å². The van der Waals surface area contributed by atoms with Crippen molar-refractivity contribution in [1.82, 2.24) is 15.0 Å². The van der Waals surface area contributed by atoms with Gasteiger partial charge in [-0.1, -0.05) is 115 Å². The van der Waals surface area contributed by atoms with Crippen LogP contribution in [-0.2, 0) is 0 Å². The van der Waals surface area contributed by atoms with Crippen LogP contribution in [0.3, 0.4) is 0 Å². The summed E-state index contributed by atoms with van der Waals surface area (Å²) in [6.45, 7) is 6.03. The van der Waals surface area contributed by atoms with Gasteiger partial charge in [0.05, 0.1) is 5.69 Å². The van der Waals surface area contributed by atoms with E-state index in [1.165, 1.54) is 0 Å². The standard InChI is InChI=1S/C37H27N5/c1-3-14-30-31-24-29(25-15-7-4-8-16-25)23-28-21-13-22-32(33(28)31)42(36(30)38-2)37-40-34(26-17-9-5-10-18-26)39-35(41-37)27-19-11-6-12-20-27/h3-24H,2H2,1H3/b14-3-. The summed E-state index contributed by atoms with van der Waals surface area (Å²) in [5, 5.41) is 2.24. The van der Waals surface area contributed by atoms with E-state index in [1.54, 1.807) is 0 Å². The molecule has 1 aromatic heterocycles. The molecular formula is C37H27N5. The maximum Gasteiger partial charge on any atom is 0.240 e. The highest BCUT2D eigenvalue weighted by molar-refractivity contribution is 6.11. The van der Waals surface area contributed by atoms with E-state index < -0.39 is 0 Å². The summed E-state index contributed by atoms with van der Waals surface area (Å²) < 4.78 is 0. The summed E-state index contributed by atoms with van der Waals surface area (Å²) in [6.07, 6.45) is 4.12. The zero-order valence-corrected chi connectivity index (χ0v) is 23.1. The SMILES string of the molecule is C=NC1=C(/C=C\C)c2cc(-c3ccccc3)cc3cccc(c23)N1c1nc(-c2ccccc2)nc(-c2ccccc2)n1. The van der Waals surface area contributed by atoms with E-state index in [-0.39, 0.29) is 0 Å². The van der Waals surface area contributed by atoms with Crippen LogP contribution in [0, 0.1) is 0 Å². The Bertz CT molecular complexity index is 1940. The number of aliphatic imine (C=N–C) groups is 1. The minimum absolute atomic E-state index is 0.484. The van der Waals surface area contributed by atoms with Crippen LogP contribution >= 0.6 is 0 Å². The van der Waals surface area contributed by atoms with Crippen molar-refractivity contribution < 1.29 is 0 Å². The van der Waals surface area contributed by atoms with Gasteiger partial charge in [-0.15, -0.1) is 0 Å². The molecule has 0 aliphatic carbocycles. The summed E-state index contributed by atoms with van der Waals surface area (Å²) in [6, 6.07) is 41.3. The predicted molar refractivity (Wildman–Crippen MR) is 174 cm³/mol. The summed E-state index contributed by atoms with van der Waals surface area (Å²) in [7, 11) is 0. The molecular weight excluding hydrogens is 514 g/mol. The van der Waals surface area contributed by atoms with Gasteiger partial charge in [-0.05, 0) is 53.9 Å². The summed E-state index contributed by atoms with van der Waals surface area (Å²) in [5.74, 6) is 2.33. The second-order valence-corrected chi connectivity index (χ2v) is 10.0. The molecule has 2 heterocycles. The number of allylic oxidation sites excluding steroid dienone is 3. The number of anilines is 2. The van der Waals surface area contributed by atoms with Crippen LogP contribution < -0.4 is 4.90 Å². The molecule has 0 atom stereocenters. The van der Waals surface area contributed by atoms with E-state index in [0.29, 0.717) is 23.4 Å². The third-order valence-electron chi connectivity index (χ3n) is 7.42. The lowest BCUT2D eigenvalue weighted by Gasteiger charge is -2.31. The Morgan fingerprint density at radius 1 is 0.643 bits per heavy atom. The zero-order chi connectivity index (χ0) is 28.5. The number of hydrogen-bond acceptors (Lipinski definition) is 5.